The Bertz CT molecular complexity index is 434. The number of aromatic amines is 1. The number of aryl methyl sites for hydroxylation is 1. The molecule has 3 N–H and O–H groups in total. The van der Waals surface area contributed by atoms with Crippen molar-refractivity contribution in [1.82, 2.24) is 4.98 Å². The zero-order chi connectivity index (χ0) is 9.97. The van der Waals surface area contributed by atoms with Gasteiger partial charge in [-0.25, -0.2) is 0 Å². The molecule has 0 aliphatic carbocycles. The van der Waals surface area contributed by atoms with E-state index in [0.29, 0.717) is 0 Å². The lowest BCUT2D eigenvalue weighted by molar-refractivity contribution is 0.837. The Morgan fingerprint density at radius 2 is 2.21 bits per heavy atom. The van der Waals surface area contributed by atoms with E-state index in [1.807, 2.05) is 0 Å². The maximum Gasteiger partial charge on any atom is 0.0468 e. The van der Waals surface area contributed by atoms with Gasteiger partial charge in [-0.3, -0.25) is 0 Å². The van der Waals surface area contributed by atoms with Crippen molar-refractivity contribution in [3.8, 4) is 0 Å². The topological polar surface area (TPSA) is 41.8 Å². The van der Waals surface area contributed by atoms with Crippen molar-refractivity contribution in [2.45, 2.75) is 12.8 Å². The number of H-pyrrole nitrogens is 1. The van der Waals surface area contributed by atoms with Crippen LogP contribution in [0.15, 0.2) is 28.9 Å². The molecule has 0 fully saturated rings. The van der Waals surface area contributed by atoms with Gasteiger partial charge in [0.05, 0.1) is 0 Å². The van der Waals surface area contributed by atoms with Crippen LogP contribution in [0, 0.1) is 0 Å². The fourth-order valence-corrected chi connectivity index (χ4v) is 2.02. The molecule has 14 heavy (non-hydrogen) atoms. The molecule has 1 aromatic heterocycles. The second-order valence-corrected chi connectivity index (χ2v) is 4.31. The van der Waals surface area contributed by atoms with Gasteiger partial charge >= 0.3 is 0 Å². The Morgan fingerprint density at radius 3 is 3.00 bits per heavy atom. The van der Waals surface area contributed by atoms with Gasteiger partial charge in [-0.2, -0.15) is 0 Å². The molecule has 0 radical (unpaired) electrons. The van der Waals surface area contributed by atoms with Gasteiger partial charge in [0.25, 0.3) is 0 Å². The van der Waals surface area contributed by atoms with Crippen LogP contribution in [0.4, 0.5) is 0 Å². The lowest BCUT2D eigenvalue weighted by atomic mass is 10.1. The van der Waals surface area contributed by atoms with Crippen molar-refractivity contribution in [2.24, 2.45) is 5.73 Å². The number of rotatable bonds is 3. The summed E-state index contributed by atoms with van der Waals surface area (Å²) in [6.45, 7) is 0.753. The molecule has 0 unspecified atom stereocenters. The molecule has 1 aromatic carbocycles. The smallest absolute Gasteiger partial charge is 0.0468 e. The van der Waals surface area contributed by atoms with Crippen LogP contribution in [0.25, 0.3) is 10.9 Å². The van der Waals surface area contributed by atoms with E-state index in [4.69, 9.17) is 5.73 Å². The molecule has 0 bridgehead atoms. The van der Waals surface area contributed by atoms with E-state index in [1.54, 1.807) is 0 Å². The number of fused-ring (bicyclic) bond motifs is 1. The highest BCUT2D eigenvalue weighted by molar-refractivity contribution is 9.10. The van der Waals surface area contributed by atoms with Crippen molar-refractivity contribution in [1.29, 1.82) is 0 Å². The van der Waals surface area contributed by atoms with Gasteiger partial charge < -0.3 is 10.7 Å². The summed E-state index contributed by atoms with van der Waals surface area (Å²) < 4.78 is 1.11. The van der Waals surface area contributed by atoms with E-state index in [1.165, 1.54) is 16.5 Å². The largest absolute Gasteiger partial charge is 0.361 e. The lowest BCUT2D eigenvalue weighted by Crippen LogP contribution is -1.99. The molecular weight excluding hydrogens is 240 g/mol. The molecule has 2 aromatic rings. The van der Waals surface area contributed by atoms with Crippen LogP contribution in [0.5, 0.6) is 0 Å². The first-order valence-electron chi connectivity index (χ1n) is 4.77. The van der Waals surface area contributed by atoms with Crippen molar-refractivity contribution < 1.29 is 0 Å². The van der Waals surface area contributed by atoms with Crippen molar-refractivity contribution >= 4 is 26.8 Å². The van der Waals surface area contributed by atoms with Gasteiger partial charge in [-0.15, -0.1) is 0 Å². The van der Waals surface area contributed by atoms with Crippen LogP contribution in [0.3, 0.4) is 0 Å². The number of benzene rings is 1. The Balaban J connectivity index is 2.37. The first-order valence-corrected chi connectivity index (χ1v) is 5.56. The van der Waals surface area contributed by atoms with Crippen LogP contribution in [-0.2, 0) is 6.42 Å². The number of hydrogen-bond acceptors (Lipinski definition) is 1. The number of nitrogens with one attached hydrogen (secondary N) is 1. The molecule has 0 aliphatic heterocycles. The summed E-state index contributed by atoms with van der Waals surface area (Å²) in [5.41, 5.74) is 8.04. The third kappa shape index (κ3) is 1.83. The maximum absolute atomic E-state index is 5.50. The summed E-state index contributed by atoms with van der Waals surface area (Å²) in [5, 5.41) is 1.31. The quantitative estimate of drug-likeness (QED) is 0.867. The first kappa shape index (κ1) is 9.74. The highest BCUT2D eigenvalue weighted by Gasteiger charge is 2.02. The summed E-state index contributed by atoms with van der Waals surface area (Å²) in [7, 11) is 0. The van der Waals surface area contributed by atoms with E-state index in [2.05, 4.69) is 45.3 Å². The first-order chi connectivity index (χ1) is 6.81. The highest BCUT2D eigenvalue weighted by atomic mass is 79.9. The fraction of sp³-hybridized carbons (Fsp3) is 0.273. The van der Waals surface area contributed by atoms with Crippen LogP contribution in [0.1, 0.15) is 12.0 Å². The molecule has 0 amide bonds. The average Bonchev–Trinajstić information content (AvgIpc) is 2.57. The fourth-order valence-electron chi connectivity index (χ4n) is 1.66. The molecule has 0 saturated carbocycles. The predicted octanol–water partition coefficient (Wildman–Crippen LogP) is 2.82. The molecule has 74 valence electrons. The second kappa shape index (κ2) is 4.15. The summed E-state index contributed by atoms with van der Waals surface area (Å²) in [6, 6.07) is 6.31. The third-order valence-corrected chi connectivity index (χ3v) is 2.87. The lowest BCUT2D eigenvalue weighted by Gasteiger charge is -1.97. The summed E-state index contributed by atoms with van der Waals surface area (Å²) >= 11 is 3.45. The number of halogens is 1. The molecule has 0 aliphatic rings. The maximum atomic E-state index is 5.50. The highest BCUT2D eigenvalue weighted by Crippen LogP contribution is 2.22. The zero-order valence-corrected chi connectivity index (χ0v) is 9.47. The normalized spacial score (nSPS) is 11.0. The van der Waals surface area contributed by atoms with E-state index >= 15 is 0 Å². The Kier molecular flexibility index (Phi) is 2.89. The van der Waals surface area contributed by atoms with E-state index in [-0.39, 0.29) is 0 Å². The monoisotopic (exact) mass is 252 g/mol. The van der Waals surface area contributed by atoms with Gasteiger partial charge in [0.2, 0.25) is 0 Å². The zero-order valence-electron chi connectivity index (χ0n) is 7.89. The minimum absolute atomic E-state index is 0.753. The molecule has 3 heteroatoms. The molecule has 0 spiro atoms. The number of nitrogens with two attached hydrogens (primary N) is 1. The predicted molar refractivity (Wildman–Crippen MR) is 63.4 cm³/mol. The molecule has 0 saturated heterocycles. The molecular formula is C11H13BrN2. The van der Waals surface area contributed by atoms with Crippen LogP contribution < -0.4 is 5.73 Å². The van der Waals surface area contributed by atoms with Gasteiger partial charge in [0.15, 0.2) is 0 Å². The summed E-state index contributed by atoms with van der Waals surface area (Å²) in [6.07, 6.45) is 4.17. The van der Waals surface area contributed by atoms with Crippen LogP contribution >= 0.6 is 15.9 Å². The molecule has 0 atom stereocenters. The molecule has 2 rings (SSSR count). The third-order valence-electron chi connectivity index (χ3n) is 2.38. The Morgan fingerprint density at radius 1 is 1.36 bits per heavy atom. The summed E-state index contributed by atoms with van der Waals surface area (Å²) in [5.74, 6) is 0. The van der Waals surface area contributed by atoms with E-state index in [9.17, 15) is 0 Å². The van der Waals surface area contributed by atoms with Crippen molar-refractivity contribution in [3.63, 3.8) is 0 Å². The summed E-state index contributed by atoms with van der Waals surface area (Å²) in [4.78, 5) is 3.27. The average molecular weight is 253 g/mol. The second-order valence-electron chi connectivity index (χ2n) is 3.40. The van der Waals surface area contributed by atoms with Gasteiger partial charge in [0.1, 0.15) is 0 Å². The minimum Gasteiger partial charge on any atom is -0.361 e. The number of hydrogen-bond donors (Lipinski definition) is 2. The van der Waals surface area contributed by atoms with E-state index in [0.717, 1.165) is 23.9 Å². The standard InChI is InChI=1S/C11H13BrN2/c12-9-3-4-10-8(2-1-5-13)7-14-11(10)6-9/h3-4,6-7,14H,1-2,5,13H2. The minimum atomic E-state index is 0.753. The van der Waals surface area contributed by atoms with Crippen LogP contribution in [-0.4, -0.2) is 11.5 Å². The van der Waals surface area contributed by atoms with Crippen molar-refractivity contribution in [2.75, 3.05) is 6.54 Å². The van der Waals surface area contributed by atoms with Gasteiger partial charge in [-0.1, -0.05) is 22.0 Å². The number of aromatic nitrogens is 1. The Hall–Kier alpha value is -0.800. The molecule has 2 nitrogen and oxygen atoms in total. The van der Waals surface area contributed by atoms with Gasteiger partial charge in [-0.05, 0) is 37.1 Å². The van der Waals surface area contributed by atoms with Crippen molar-refractivity contribution in [3.05, 3.63) is 34.4 Å². The van der Waals surface area contributed by atoms with Gasteiger partial charge in [0, 0.05) is 21.6 Å². The SMILES string of the molecule is NCCCc1c[nH]c2cc(Br)ccc12. The molecule has 1 heterocycles. The Labute approximate surface area is 91.6 Å². The van der Waals surface area contributed by atoms with Crippen LogP contribution in [0.2, 0.25) is 0 Å². The van der Waals surface area contributed by atoms with E-state index < -0.39 is 0 Å².